The number of anilines is 1. The highest BCUT2D eigenvalue weighted by molar-refractivity contribution is 7.14. The van der Waals surface area contributed by atoms with Crippen LogP contribution < -0.4 is 10.6 Å². The van der Waals surface area contributed by atoms with Gasteiger partial charge in [-0.05, 0) is 61.1 Å². The molecule has 3 aromatic rings. The van der Waals surface area contributed by atoms with Gasteiger partial charge in [0, 0.05) is 31.7 Å². The number of carbonyl (C=O) groups excluding carboxylic acids is 2. The Balaban J connectivity index is 1.61. The van der Waals surface area contributed by atoms with Gasteiger partial charge in [-0.25, -0.2) is 13.8 Å². The van der Waals surface area contributed by atoms with Crippen LogP contribution in [-0.4, -0.2) is 45.4 Å². The number of thiophene rings is 1. The SMILES string of the molecule is C=CC(=O)N(C)[C@H]1C[C@@H](n2c(NC(=O)c3ccc(C(F)F)s3)nc3cc(CN[C@@H](C)C(C)(C)C)ccc32)C1. The number of halogens is 2. The Bertz CT molecular complexity index is 1340. The molecule has 1 atom stereocenters. The largest absolute Gasteiger partial charge is 0.339 e. The molecule has 1 fully saturated rings. The molecule has 0 radical (unpaired) electrons. The number of benzene rings is 1. The quantitative estimate of drug-likeness (QED) is 0.317. The Labute approximate surface area is 225 Å². The fourth-order valence-electron chi connectivity index (χ4n) is 4.45. The molecule has 2 N–H and O–H groups in total. The zero-order valence-corrected chi connectivity index (χ0v) is 23.2. The summed E-state index contributed by atoms with van der Waals surface area (Å²) in [7, 11) is 1.76. The standard InChI is InChI=1S/C28H35F2N5O2S/c1-7-24(36)34(6)18-13-19(14-18)35-21-9-8-17(15-31-16(2)28(3,4)5)12-20(21)32-27(35)33-26(37)23-11-10-22(38-23)25(29)30/h7-12,16,18-19,25,31H,1,13-15H2,2-6H3,(H,32,33,37)/t16-,18-,19+/m0/s1. The van der Waals surface area contributed by atoms with E-state index < -0.39 is 12.3 Å². The van der Waals surface area contributed by atoms with Gasteiger partial charge in [0.1, 0.15) is 0 Å². The summed E-state index contributed by atoms with van der Waals surface area (Å²) in [6.07, 6.45) is 0.0777. The van der Waals surface area contributed by atoms with Crippen LogP contribution in [0.5, 0.6) is 0 Å². The molecular weight excluding hydrogens is 508 g/mol. The second-order valence-corrected chi connectivity index (χ2v) is 12.1. The summed E-state index contributed by atoms with van der Waals surface area (Å²) in [5.41, 5.74) is 2.80. The Morgan fingerprint density at radius 3 is 2.58 bits per heavy atom. The lowest BCUT2D eigenvalue weighted by atomic mass is 9.85. The van der Waals surface area contributed by atoms with Crippen LogP contribution in [0.25, 0.3) is 11.0 Å². The third-order valence-corrected chi connectivity index (χ3v) is 8.57. The van der Waals surface area contributed by atoms with E-state index in [9.17, 15) is 18.4 Å². The van der Waals surface area contributed by atoms with E-state index in [-0.39, 0.29) is 33.2 Å². The third-order valence-electron chi connectivity index (χ3n) is 7.48. The van der Waals surface area contributed by atoms with Crippen molar-refractivity contribution < 1.29 is 18.4 Å². The molecule has 38 heavy (non-hydrogen) atoms. The van der Waals surface area contributed by atoms with Crippen LogP contribution >= 0.6 is 11.3 Å². The number of nitrogens with zero attached hydrogens (tertiary/aromatic N) is 3. The molecule has 0 aliphatic heterocycles. The molecule has 1 aromatic carbocycles. The van der Waals surface area contributed by atoms with Crippen molar-refractivity contribution in [3.63, 3.8) is 0 Å². The average molecular weight is 544 g/mol. The van der Waals surface area contributed by atoms with Gasteiger partial charge >= 0.3 is 0 Å². The number of aromatic nitrogens is 2. The van der Waals surface area contributed by atoms with E-state index in [2.05, 4.69) is 44.9 Å². The molecule has 7 nitrogen and oxygen atoms in total. The highest BCUT2D eigenvalue weighted by Gasteiger charge is 2.37. The summed E-state index contributed by atoms with van der Waals surface area (Å²) in [5.74, 6) is -0.243. The fraction of sp³-hybridized carbons (Fsp3) is 0.464. The summed E-state index contributed by atoms with van der Waals surface area (Å²) < 4.78 is 28.1. The van der Waals surface area contributed by atoms with Crippen LogP contribution in [0.2, 0.25) is 0 Å². The topological polar surface area (TPSA) is 79.3 Å². The van der Waals surface area contributed by atoms with Gasteiger partial charge < -0.3 is 14.8 Å². The van der Waals surface area contributed by atoms with Crippen molar-refractivity contribution in [1.82, 2.24) is 19.8 Å². The van der Waals surface area contributed by atoms with E-state index >= 15 is 0 Å². The molecule has 10 heteroatoms. The molecule has 2 amide bonds. The molecule has 2 heterocycles. The number of amides is 2. The van der Waals surface area contributed by atoms with E-state index in [0.29, 0.717) is 31.4 Å². The molecule has 1 saturated carbocycles. The smallest absolute Gasteiger partial charge is 0.272 e. The van der Waals surface area contributed by atoms with Gasteiger partial charge in [0.15, 0.2) is 0 Å². The van der Waals surface area contributed by atoms with Gasteiger partial charge in [0.2, 0.25) is 11.9 Å². The van der Waals surface area contributed by atoms with Crippen molar-refractivity contribution in [3.05, 3.63) is 58.3 Å². The van der Waals surface area contributed by atoms with Gasteiger partial charge in [-0.1, -0.05) is 33.4 Å². The minimum atomic E-state index is -2.62. The number of rotatable bonds is 9. The van der Waals surface area contributed by atoms with Crippen molar-refractivity contribution in [3.8, 4) is 0 Å². The van der Waals surface area contributed by atoms with Crippen molar-refractivity contribution in [2.24, 2.45) is 5.41 Å². The van der Waals surface area contributed by atoms with E-state index in [4.69, 9.17) is 4.98 Å². The molecular formula is C28H35F2N5O2S. The van der Waals surface area contributed by atoms with Gasteiger partial charge in [-0.2, -0.15) is 0 Å². The number of hydrogen-bond donors (Lipinski definition) is 2. The van der Waals surface area contributed by atoms with Crippen LogP contribution in [0, 0.1) is 5.41 Å². The molecule has 0 saturated heterocycles. The Morgan fingerprint density at radius 2 is 1.97 bits per heavy atom. The first-order chi connectivity index (χ1) is 17.9. The average Bonchev–Trinajstić information content (AvgIpc) is 3.46. The fourth-order valence-corrected chi connectivity index (χ4v) is 5.21. The molecule has 2 aromatic heterocycles. The summed E-state index contributed by atoms with van der Waals surface area (Å²) in [6.45, 7) is 13.0. The lowest BCUT2D eigenvalue weighted by Crippen LogP contribution is -2.45. The number of nitrogens with one attached hydrogen (secondary N) is 2. The third kappa shape index (κ3) is 5.81. The van der Waals surface area contributed by atoms with E-state index in [0.717, 1.165) is 27.9 Å². The molecule has 0 unspecified atom stereocenters. The maximum absolute atomic E-state index is 13.1. The number of alkyl halides is 2. The van der Waals surface area contributed by atoms with Crippen LogP contribution in [0.1, 0.15) is 73.1 Å². The lowest BCUT2D eigenvalue weighted by molar-refractivity contribution is -0.128. The molecule has 0 spiro atoms. The van der Waals surface area contributed by atoms with Crippen molar-refractivity contribution in [2.45, 2.75) is 71.6 Å². The Kier molecular flexibility index (Phi) is 8.04. The minimum absolute atomic E-state index is 0.0187. The highest BCUT2D eigenvalue weighted by atomic mass is 32.1. The van der Waals surface area contributed by atoms with Gasteiger partial charge in [-0.15, -0.1) is 11.3 Å². The monoisotopic (exact) mass is 543 g/mol. The summed E-state index contributed by atoms with van der Waals surface area (Å²) in [4.78, 5) is 31.5. The molecule has 204 valence electrons. The van der Waals surface area contributed by atoms with Crippen LogP contribution in [0.3, 0.4) is 0 Å². The summed E-state index contributed by atoms with van der Waals surface area (Å²) >= 11 is 0.772. The summed E-state index contributed by atoms with van der Waals surface area (Å²) in [5, 5.41) is 6.41. The summed E-state index contributed by atoms with van der Waals surface area (Å²) in [6, 6.07) is 9.11. The van der Waals surface area contributed by atoms with Crippen LogP contribution in [-0.2, 0) is 11.3 Å². The number of carbonyl (C=O) groups is 2. The highest BCUT2D eigenvalue weighted by Crippen LogP contribution is 2.40. The molecule has 4 rings (SSSR count). The van der Waals surface area contributed by atoms with Crippen LogP contribution in [0.15, 0.2) is 43.0 Å². The lowest BCUT2D eigenvalue weighted by Gasteiger charge is -2.42. The molecule has 0 bridgehead atoms. The van der Waals surface area contributed by atoms with Gasteiger partial charge in [0.05, 0.1) is 20.8 Å². The minimum Gasteiger partial charge on any atom is -0.339 e. The number of imidazole rings is 1. The van der Waals surface area contributed by atoms with E-state index in [1.165, 1.54) is 18.2 Å². The number of likely N-dealkylation sites (N-methyl/N-ethyl adjacent to an activating group) is 1. The number of hydrogen-bond acceptors (Lipinski definition) is 5. The number of fused-ring (bicyclic) bond motifs is 1. The first kappa shape index (κ1) is 27.9. The normalized spacial score (nSPS) is 18.3. The first-order valence-corrected chi connectivity index (χ1v) is 13.5. The maximum atomic E-state index is 13.1. The van der Waals surface area contributed by atoms with Crippen molar-refractivity contribution >= 4 is 40.1 Å². The zero-order valence-electron chi connectivity index (χ0n) is 22.4. The van der Waals surface area contributed by atoms with Gasteiger partial charge in [0.25, 0.3) is 12.3 Å². The Hall–Kier alpha value is -3.11. The predicted molar refractivity (Wildman–Crippen MR) is 148 cm³/mol. The second-order valence-electron chi connectivity index (χ2n) is 11.0. The first-order valence-electron chi connectivity index (χ1n) is 12.7. The predicted octanol–water partition coefficient (Wildman–Crippen LogP) is 6.16. The van der Waals surface area contributed by atoms with Crippen LogP contribution in [0.4, 0.5) is 14.7 Å². The second kappa shape index (κ2) is 10.9. The van der Waals surface area contributed by atoms with E-state index in [1.54, 1.807) is 11.9 Å². The Morgan fingerprint density at radius 1 is 1.26 bits per heavy atom. The van der Waals surface area contributed by atoms with Gasteiger partial charge in [-0.3, -0.25) is 14.9 Å². The molecule has 1 aliphatic rings. The zero-order chi connectivity index (χ0) is 27.8. The molecule has 1 aliphatic carbocycles. The van der Waals surface area contributed by atoms with E-state index in [1.807, 2.05) is 22.8 Å². The van der Waals surface area contributed by atoms with Crippen molar-refractivity contribution in [1.29, 1.82) is 0 Å². The maximum Gasteiger partial charge on any atom is 0.272 e. The van der Waals surface area contributed by atoms with Crippen molar-refractivity contribution in [2.75, 3.05) is 12.4 Å².